The Morgan fingerprint density at radius 2 is 1.44 bits per heavy atom. The van der Waals surface area contributed by atoms with Gasteiger partial charge in [0.05, 0.1) is 18.4 Å². The first kappa shape index (κ1) is 16.6. The second-order valence-corrected chi connectivity index (χ2v) is 5.54. The van der Waals surface area contributed by atoms with Crippen LogP contribution >= 0.6 is 0 Å². The predicted octanol–water partition coefficient (Wildman–Crippen LogP) is 4.35. The Morgan fingerprint density at radius 1 is 0.880 bits per heavy atom. The van der Waals surface area contributed by atoms with E-state index in [9.17, 15) is 4.79 Å². The molecule has 0 unspecified atom stereocenters. The lowest BCUT2D eigenvalue weighted by atomic mass is 10.0. The van der Waals surface area contributed by atoms with E-state index in [0.717, 1.165) is 16.8 Å². The summed E-state index contributed by atoms with van der Waals surface area (Å²) in [5.41, 5.74) is 3.92. The van der Waals surface area contributed by atoms with Gasteiger partial charge in [0, 0.05) is 16.8 Å². The molecule has 0 bridgehead atoms. The van der Waals surface area contributed by atoms with Gasteiger partial charge in [0.25, 0.3) is 0 Å². The fraction of sp³-hybridized carbons (Fsp3) is 0.0952. The first-order valence-electron chi connectivity index (χ1n) is 7.94. The minimum Gasteiger partial charge on any atom is -0.465 e. The molecule has 25 heavy (non-hydrogen) atoms. The Balaban J connectivity index is 2.14. The van der Waals surface area contributed by atoms with Gasteiger partial charge in [-0.1, -0.05) is 60.7 Å². The average molecular weight is 330 g/mol. The number of esters is 1. The number of hydrogen-bond acceptors (Lipinski definition) is 4. The molecule has 0 fully saturated rings. The molecule has 3 aromatic rings. The Labute approximate surface area is 146 Å². The third-order valence-corrected chi connectivity index (χ3v) is 3.68. The highest BCUT2D eigenvalue weighted by molar-refractivity contribution is 6.13. The molecular formula is C21H18N2O2. The highest BCUT2D eigenvalue weighted by Gasteiger charge is 2.11. The lowest BCUT2D eigenvalue weighted by molar-refractivity contribution is 0.0600. The Bertz CT molecular complexity index is 862. The summed E-state index contributed by atoms with van der Waals surface area (Å²) in [6.45, 7) is 1.83. The van der Waals surface area contributed by atoms with Crippen molar-refractivity contribution in [3.05, 3.63) is 95.2 Å². The lowest BCUT2D eigenvalue weighted by Crippen LogP contribution is -2.05. The molecule has 4 nitrogen and oxygen atoms in total. The Hall–Kier alpha value is -3.27. The summed E-state index contributed by atoms with van der Waals surface area (Å²) < 4.78 is 4.81. The topological polar surface area (TPSA) is 51.5 Å². The largest absolute Gasteiger partial charge is 0.465 e. The molecule has 0 spiro atoms. The summed E-state index contributed by atoms with van der Waals surface area (Å²) in [4.78, 5) is 21.0. The van der Waals surface area contributed by atoms with Gasteiger partial charge in [0.15, 0.2) is 5.82 Å². The second kappa shape index (κ2) is 7.53. The van der Waals surface area contributed by atoms with Gasteiger partial charge in [-0.05, 0) is 19.1 Å². The minimum absolute atomic E-state index is 0.400. The first-order valence-corrected chi connectivity index (χ1v) is 7.94. The van der Waals surface area contributed by atoms with Crippen molar-refractivity contribution >= 4 is 17.5 Å². The maximum absolute atomic E-state index is 11.8. The van der Waals surface area contributed by atoms with Crippen molar-refractivity contribution in [3.63, 3.8) is 0 Å². The highest BCUT2D eigenvalue weighted by atomic mass is 16.5. The standard InChI is InChI=1S/C21H18N2O2/c1-15-13-18(21(24)25-2)14-19(22-15)23-20(16-9-5-3-6-10-16)17-11-7-4-8-12-17/h3-14H,1-2H3. The van der Waals surface area contributed by atoms with E-state index in [1.807, 2.05) is 67.6 Å². The summed E-state index contributed by atoms with van der Waals surface area (Å²) in [6, 6.07) is 23.2. The summed E-state index contributed by atoms with van der Waals surface area (Å²) in [6.07, 6.45) is 0. The molecule has 0 saturated heterocycles. The molecule has 0 aliphatic rings. The smallest absolute Gasteiger partial charge is 0.338 e. The van der Waals surface area contributed by atoms with Crippen LogP contribution in [0.3, 0.4) is 0 Å². The van der Waals surface area contributed by atoms with Gasteiger partial charge in [0.1, 0.15) is 0 Å². The fourth-order valence-electron chi connectivity index (χ4n) is 2.55. The molecule has 0 atom stereocenters. The third-order valence-electron chi connectivity index (χ3n) is 3.68. The number of hydrogen-bond donors (Lipinski definition) is 0. The number of methoxy groups -OCH3 is 1. The van der Waals surface area contributed by atoms with Crippen LogP contribution in [0.15, 0.2) is 77.8 Å². The van der Waals surface area contributed by atoms with E-state index in [1.165, 1.54) is 7.11 Å². The monoisotopic (exact) mass is 330 g/mol. The summed E-state index contributed by atoms with van der Waals surface area (Å²) in [7, 11) is 1.36. The van der Waals surface area contributed by atoms with Gasteiger partial charge in [-0.25, -0.2) is 14.8 Å². The second-order valence-electron chi connectivity index (χ2n) is 5.54. The normalized spacial score (nSPS) is 10.2. The fourth-order valence-corrected chi connectivity index (χ4v) is 2.55. The van der Waals surface area contributed by atoms with Gasteiger partial charge >= 0.3 is 5.97 Å². The van der Waals surface area contributed by atoms with Crippen LogP contribution in [0.25, 0.3) is 0 Å². The van der Waals surface area contributed by atoms with Crippen molar-refractivity contribution in [2.75, 3.05) is 7.11 Å². The molecule has 4 heteroatoms. The summed E-state index contributed by atoms with van der Waals surface area (Å²) in [5.74, 6) is 0.0750. The number of aryl methyl sites for hydroxylation is 1. The quantitative estimate of drug-likeness (QED) is 0.528. The molecule has 0 aliphatic heterocycles. The Morgan fingerprint density at radius 3 is 1.96 bits per heavy atom. The van der Waals surface area contributed by atoms with Crippen LogP contribution in [0, 0.1) is 6.92 Å². The van der Waals surface area contributed by atoms with E-state index in [1.54, 1.807) is 12.1 Å². The molecule has 1 aromatic heterocycles. The number of nitrogens with zero attached hydrogens (tertiary/aromatic N) is 2. The number of aliphatic imine (C=N–C) groups is 1. The number of pyridine rings is 1. The lowest BCUT2D eigenvalue weighted by Gasteiger charge is -2.08. The number of carbonyl (C=O) groups is 1. The predicted molar refractivity (Wildman–Crippen MR) is 98.5 cm³/mol. The van der Waals surface area contributed by atoms with Crippen LogP contribution in [0.4, 0.5) is 5.82 Å². The maximum Gasteiger partial charge on any atom is 0.338 e. The van der Waals surface area contributed by atoms with Gasteiger partial charge in [-0.15, -0.1) is 0 Å². The van der Waals surface area contributed by atoms with Gasteiger partial charge in [-0.2, -0.15) is 0 Å². The van der Waals surface area contributed by atoms with Crippen molar-refractivity contribution in [1.29, 1.82) is 0 Å². The van der Waals surface area contributed by atoms with Gasteiger partial charge in [0.2, 0.25) is 0 Å². The molecule has 0 radical (unpaired) electrons. The van der Waals surface area contributed by atoms with Crippen LogP contribution < -0.4 is 0 Å². The Kier molecular flexibility index (Phi) is 5.00. The van der Waals surface area contributed by atoms with Crippen molar-refractivity contribution in [2.45, 2.75) is 6.92 Å². The van der Waals surface area contributed by atoms with E-state index in [0.29, 0.717) is 17.1 Å². The highest BCUT2D eigenvalue weighted by Crippen LogP contribution is 2.19. The third kappa shape index (κ3) is 3.98. The van der Waals surface area contributed by atoms with Gasteiger partial charge in [-0.3, -0.25) is 0 Å². The number of benzene rings is 2. The van der Waals surface area contributed by atoms with E-state index < -0.39 is 5.97 Å². The van der Waals surface area contributed by atoms with Crippen LogP contribution in [0.5, 0.6) is 0 Å². The van der Waals surface area contributed by atoms with Crippen molar-refractivity contribution in [3.8, 4) is 0 Å². The van der Waals surface area contributed by atoms with Crippen LogP contribution in [0.2, 0.25) is 0 Å². The molecule has 0 saturated carbocycles. The maximum atomic E-state index is 11.8. The SMILES string of the molecule is COC(=O)c1cc(C)nc(N=C(c2ccccc2)c2ccccc2)c1. The molecule has 1 heterocycles. The van der Waals surface area contributed by atoms with Crippen LogP contribution in [0.1, 0.15) is 27.2 Å². The van der Waals surface area contributed by atoms with E-state index in [-0.39, 0.29) is 0 Å². The number of ether oxygens (including phenoxy) is 1. The van der Waals surface area contributed by atoms with Gasteiger partial charge < -0.3 is 4.74 Å². The van der Waals surface area contributed by atoms with E-state index in [4.69, 9.17) is 9.73 Å². The zero-order valence-electron chi connectivity index (χ0n) is 14.1. The average Bonchev–Trinajstić information content (AvgIpc) is 2.66. The summed E-state index contributed by atoms with van der Waals surface area (Å²) >= 11 is 0. The van der Waals surface area contributed by atoms with Crippen LogP contribution in [-0.4, -0.2) is 23.8 Å². The van der Waals surface area contributed by atoms with Crippen molar-refractivity contribution in [2.24, 2.45) is 4.99 Å². The van der Waals surface area contributed by atoms with Crippen molar-refractivity contribution in [1.82, 2.24) is 4.98 Å². The summed E-state index contributed by atoms with van der Waals surface area (Å²) in [5, 5.41) is 0. The van der Waals surface area contributed by atoms with Crippen LogP contribution in [-0.2, 0) is 4.74 Å². The zero-order chi connectivity index (χ0) is 17.6. The first-order chi connectivity index (χ1) is 12.2. The minimum atomic E-state index is -0.400. The molecule has 0 aliphatic carbocycles. The van der Waals surface area contributed by atoms with E-state index >= 15 is 0 Å². The van der Waals surface area contributed by atoms with E-state index in [2.05, 4.69) is 4.98 Å². The molecular weight excluding hydrogens is 312 g/mol. The molecule has 2 aromatic carbocycles. The number of rotatable bonds is 4. The zero-order valence-corrected chi connectivity index (χ0v) is 14.1. The molecule has 0 N–H and O–H groups in total. The molecule has 3 rings (SSSR count). The van der Waals surface area contributed by atoms with Crippen molar-refractivity contribution < 1.29 is 9.53 Å². The molecule has 0 amide bonds. The number of aromatic nitrogens is 1. The molecule has 124 valence electrons. The number of carbonyl (C=O) groups excluding carboxylic acids is 1.